The van der Waals surface area contributed by atoms with E-state index in [0.717, 1.165) is 27.9 Å². The van der Waals surface area contributed by atoms with E-state index in [1.807, 2.05) is 12.3 Å². The summed E-state index contributed by atoms with van der Waals surface area (Å²) in [5, 5.41) is 4.81. The summed E-state index contributed by atoms with van der Waals surface area (Å²) in [5.74, 6) is 0. The van der Waals surface area contributed by atoms with E-state index < -0.39 is 0 Å². The highest BCUT2D eigenvalue weighted by molar-refractivity contribution is 6.15. The van der Waals surface area contributed by atoms with Gasteiger partial charge in [-0.25, -0.2) is 4.98 Å². The normalized spacial score (nSPS) is 11.6. The smallest absolute Gasteiger partial charge is 0.145 e. The number of hydrogen-bond donors (Lipinski definition) is 0. The van der Waals surface area contributed by atoms with Gasteiger partial charge in [0.1, 0.15) is 5.65 Å². The Balaban J connectivity index is 1.18. The van der Waals surface area contributed by atoms with Gasteiger partial charge >= 0.3 is 0 Å². The van der Waals surface area contributed by atoms with Gasteiger partial charge in [-0.05, 0) is 82.4 Å². The molecule has 0 unspecified atom stereocenters. The monoisotopic (exact) mass is 637 g/mol. The summed E-state index contributed by atoms with van der Waals surface area (Å²) in [6.45, 7) is 0. The van der Waals surface area contributed by atoms with Gasteiger partial charge in [-0.1, -0.05) is 127 Å². The average Bonchev–Trinajstić information content (AvgIpc) is 3.71. The number of hydrogen-bond acceptors (Lipinski definition) is 1. The second-order valence-electron chi connectivity index (χ2n) is 12.8. The third-order valence-corrected chi connectivity index (χ3v) is 9.98. The minimum atomic E-state index is 0.954. The molecular formula is C47H31N3. The molecular weight excluding hydrogens is 607 g/mol. The van der Waals surface area contributed by atoms with Gasteiger partial charge in [0, 0.05) is 44.7 Å². The van der Waals surface area contributed by atoms with Crippen molar-refractivity contribution >= 4 is 43.7 Å². The Labute approximate surface area is 290 Å². The highest BCUT2D eigenvalue weighted by Gasteiger charge is 2.19. The number of aromatic nitrogens is 3. The van der Waals surface area contributed by atoms with Crippen LogP contribution in [0.25, 0.3) is 88.5 Å². The van der Waals surface area contributed by atoms with Crippen molar-refractivity contribution in [1.29, 1.82) is 0 Å². The molecule has 3 aromatic heterocycles. The maximum atomic E-state index is 4.92. The van der Waals surface area contributed by atoms with Gasteiger partial charge in [-0.3, -0.25) is 4.57 Å². The SMILES string of the molecule is c1ccc(-c2ccc(-n3c4ccccc4c4cccc(-c5ccc6c(c5)c5cccnc5n6-c5cccc(-c6ccccc6)c5)c43)cc2)cc1. The summed E-state index contributed by atoms with van der Waals surface area (Å²) in [7, 11) is 0. The molecule has 3 nitrogen and oxygen atoms in total. The topological polar surface area (TPSA) is 22.8 Å². The average molecular weight is 638 g/mol. The van der Waals surface area contributed by atoms with Gasteiger partial charge in [0.05, 0.1) is 16.6 Å². The minimum absolute atomic E-state index is 0.954. The molecule has 0 N–H and O–H groups in total. The maximum absolute atomic E-state index is 4.92. The van der Waals surface area contributed by atoms with Gasteiger partial charge in [-0.2, -0.15) is 0 Å². The fourth-order valence-corrected chi connectivity index (χ4v) is 7.68. The Hall–Kier alpha value is -6.71. The lowest BCUT2D eigenvalue weighted by molar-refractivity contribution is 1.14. The predicted octanol–water partition coefficient (Wildman–Crippen LogP) is 12.3. The van der Waals surface area contributed by atoms with E-state index in [4.69, 9.17) is 4.98 Å². The second-order valence-corrected chi connectivity index (χ2v) is 12.8. The fourth-order valence-electron chi connectivity index (χ4n) is 7.68. The molecule has 0 atom stereocenters. The van der Waals surface area contributed by atoms with Crippen LogP contribution < -0.4 is 0 Å². The number of pyridine rings is 1. The van der Waals surface area contributed by atoms with E-state index >= 15 is 0 Å². The molecule has 0 saturated heterocycles. The molecule has 0 saturated carbocycles. The summed E-state index contributed by atoms with van der Waals surface area (Å²) in [4.78, 5) is 4.92. The Bertz CT molecular complexity index is 2840. The lowest BCUT2D eigenvalue weighted by Crippen LogP contribution is -1.96. The molecule has 0 aliphatic carbocycles. The molecule has 10 rings (SSSR count). The summed E-state index contributed by atoms with van der Waals surface area (Å²) < 4.78 is 4.73. The third-order valence-electron chi connectivity index (χ3n) is 9.98. The van der Waals surface area contributed by atoms with Gasteiger partial charge in [0.15, 0.2) is 0 Å². The first-order valence-electron chi connectivity index (χ1n) is 17.1. The molecule has 3 heterocycles. The third kappa shape index (κ3) is 4.48. The molecule has 0 bridgehead atoms. The highest BCUT2D eigenvalue weighted by atomic mass is 15.0. The van der Waals surface area contributed by atoms with E-state index in [1.54, 1.807) is 0 Å². The van der Waals surface area contributed by atoms with E-state index in [2.05, 4.69) is 185 Å². The van der Waals surface area contributed by atoms with Crippen molar-refractivity contribution in [2.24, 2.45) is 0 Å². The van der Waals surface area contributed by atoms with Crippen LogP contribution in [0.15, 0.2) is 188 Å². The zero-order valence-electron chi connectivity index (χ0n) is 27.2. The Morgan fingerprint density at radius 3 is 1.78 bits per heavy atom. The highest BCUT2D eigenvalue weighted by Crippen LogP contribution is 2.41. The van der Waals surface area contributed by atoms with Gasteiger partial charge in [0.2, 0.25) is 0 Å². The first kappa shape index (κ1) is 28.3. The van der Waals surface area contributed by atoms with Crippen LogP contribution in [0, 0.1) is 0 Å². The van der Waals surface area contributed by atoms with Crippen molar-refractivity contribution in [2.45, 2.75) is 0 Å². The molecule has 7 aromatic carbocycles. The summed E-state index contributed by atoms with van der Waals surface area (Å²) in [6, 6.07) is 65.4. The van der Waals surface area contributed by atoms with E-state index in [0.29, 0.717) is 0 Å². The standard InChI is InChI=1S/C47H31N3/c1-3-12-32(13-4-1)34-23-26-37(27-24-34)49-44-22-8-7-18-40(44)41-20-10-19-39(46(41)49)36-25-28-45-43(31-36)42-21-11-29-48-47(42)50(45)38-17-9-16-35(30-38)33-14-5-2-6-15-33/h1-31H. The van der Waals surface area contributed by atoms with Crippen LogP contribution in [0.2, 0.25) is 0 Å². The van der Waals surface area contributed by atoms with Crippen molar-refractivity contribution in [3.8, 4) is 44.8 Å². The first-order valence-corrected chi connectivity index (χ1v) is 17.1. The molecule has 0 spiro atoms. The number of rotatable bonds is 5. The number of benzene rings is 7. The molecule has 3 heteroatoms. The van der Waals surface area contributed by atoms with Crippen LogP contribution in [-0.2, 0) is 0 Å². The van der Waals surface area contributed by atoms with E-state index in [-0.39, 0.29) is 0 Å². The van der Waals surface area contributed by atoms with Gasteiger partial charge < -0.3 is 4.57 Å². The summed E-state index contributed by atoms with van der Waals surface area (Å²) in [5.41, 5.74) is 13.9. The Morgan fingerprint density at radius 2 is 0.960 bits per heavy atom. The number of para-hydroxylation sites is 2. The Kier molecular flexibility index (Phi) is 6.49. The van der Waals surface area contributed by atoms with Crippen molar-refractivity contribution < 1.29 is 0 Å². The molecule has 0 fully saturated rings. The van der Waals surface area contributed by atoms with Crippen LogP contribution in [0.3, 0.4) is 0 Å². The Morgan fingerprint density at radius 1 is 0.340 bits per heavy atom. The van der Waals surface area contributed by atoms with E-state index in [9.17, 15) is 0 Å². The molecule has 0 amide bonds. The van der Waals surface area contributed by atoms with Gasteiger partial charge in [-0.15, -0.1) is 0 Å². The van der Waals surface area contributed by atoms with Crippen LogP contribution in [0.4, 0.5) is 0 Å². The van der Waals surface area contributed by atoms with Crippen molar-refractivity contribution in [1.82, 2.24) is 14.1 Å². The van der Waals surface area contributed by atoms with E-state index in [1.165, 1.54) is 60.6 Å². The molecule has 50 heavy (non-hydrogen) atoms. The van der Waals surface area contributed by atoms with Crippen LogP contribution in [0.5, 0.6) is 0 Å². The zero-order valence-corrected chi connectivity index (χ0v) is 27.2. The molecule has 234 valence electrons. The zero-order chi connectivity index (χ0) is 33.0. The second kappa shape index (κ2) is 11.5. The molecule has 10 aromatic rings. The van der Waals surface area contributed by atoms with Gasteiger partial charge in [0.25, 0.3) is 0 Å². The first-order chi connectivity index (χ1) is 24.8. The van der Waals surface area contributed by atoms with Crippen molar-refractivity contribution in [3.05, 3.63) is 188 Å². The largest absolute Gasteiger partial charge is 0.309 e. The fraction of sp³-hybridized carbons (Fsp3) is 0. The minimum Gasteiger partial charge on any atom is -0.309 e. The van der Waals surface area contributed by atoms with Crippen LogP contribution >= 0.6 is 0 Å². The van der Waals surface area contributed by atoms with Crippen LogP contribution in [0.1, 0.15) is 0 Å². The summed E-state index contributed by atoms with van der Waals surface area (Å²) >= 11 is 0. The van der Waals surface area contributed by atoms with Crippen molar-refractivity contribution in [3.63, 3.8) is 0 Å². The maximum Gasteiger partial charge on any atom is 0.145 e. The predicted molar refractivity (Wildman–Crippen MR) is 209 cm³/mol. The van der Waals surface area contributed by atoms with Crippen LogP contribution in [-0.4, -0.2) is 14.1 Å². The summed E-state index contributed by atoms with van der Waals surface area (Å²) in [6.07, 6.45) is 1.89. The van der Waals surface area contributed by atoms with Crippen molar-refractivity contribution in [2.75, 3.05) is 0 Å². The molecule has 0 radical (unpaired) electrons. The number of fused-ring (bicyclic) bond motifs is 6. The quantitative estimate of drug-likeness (QED) is 0.184. The lowest BCUT2D eigenvalue weighted by Gasteiger charge is -2.13. The number of nitrogens with zero attached hydrogens (tertiary/aromatic N) is 3. The lowest BCUT2D eigenvalue weighted by atomic mass is 10.00. The molecule has 0 aliphatic heterocycles. The molecule has 0 aliphatic rings.